The smallest absolute Gasteiger partial charge is 0.491 e. The molecule has 2 aromatic rings. The van der Waals surface area contributed by atoms with E-state index in [4.69, 9.17) is 19.3 Å². The molecule has 2 aliphatic rings. The third kappa shape index (κ3) is 6.13. The van der Waals surface area contributed by atoms with Gasteiger partial charge in [-0.3, -0.25) is 4.90 Å². The number of fused-ring (bicyclic) bond motifs is 1. The van der Waals surface area contributed by atoms with E-state index < -0.39 is 17.9 Å². The Hall–Kier alpha value is -3.20. The number of halogens is 3. The molecule has 1 aliphatic heterocycles. The quantitative estimate of drug-likeness (QED) is 0.433. The van der Waals surface area contributed by atoms with Crippen molar-refractivity contribution in [3.63, 3.8) is 0 Å². The molecule has 1 fully saturated rings. The summed E-state index contributed by atoms with van der Waals surface area (Å²) in [7, 11) is 0. The van der Waals surface area contributed by atoms with E-state index in [1.54, 1.807) is 19.9 Å². The lowest BCUT2D eigenvalue weighted by Crippen LogP contribution is -2.53. The van der Waals surface area contributed by atoms with Crippen molar-refractivity contribution in [2.24, 2.45) is 0 Å². The standard InChI is InChI=1S/C27H30F3NO5/c1-16(2)35-22-7-6-20(25(11-22)27(28,29)30)15-34-21-8-9-24-17(3)19(5-4-18(24)10-21)12-31-13-23(14-31)36-26(32)33/h6-11,16,23H,4-5,12-15H2,1-3H3,(H,32,33). The summed E-state index contributed by atoms with van der Waals surface area (Å²) >= 11 is 0. The lowest BCUT2D eigenvalue weighted by Gasteiger charge is -2.39. The molecule has 0 aromatic heterocycles. The van der Waals surface area contributed by atoms with Gasteiger partial charge >= 0.3 is 12.3 Å². The summed E-state index contributed by atoms with van der Waals surface area (Å²) < 4.78 is 56.9. The van der Waals surface area contributed by atoms with Crippen molar-refractivity contribution >= 4 is 11.7 Å². The Kier molecular flexibility index (Phi) is 7.49. The van der Waals surface area contributed by atoms with Crippen molar-refractivity contribution in [1.29, 1.82) is 0 Å². The number of hydrogen-bond acceptors (Lipinski definition) is 5. The van der Waals surface area contributed by atoms with Gasteiger partial charge in [-0.25, -0.2) is 4.79 Å². The van der Waals surface area contributed by atoms with Crippen LogP contribution in [0.2, 0.25) is 0 Å². The first-order valence-corrected chi connectivity index (χ1v) is 11.9. The van der Waals surface area contributed by atoms with Crippen LogP contribution >= 0.6 is 0 Å². The number of rotatable bonds is 8. The number of allylic oxidation sites excluding steroid dienone is 1. The Balaban J connectivity index is 1.42. The molecule has 2 aromatic carbocycles. The van der Waals surface area contributed by atoms with Crippen LogP contribution in [0, 0.1) is 0 Å². The molecule has 4 rings (SSSR count). The average molecular weight is 506 g/mol. The van der Waals surface area contributed by atoms with Crippen LogP contribution < -0.4 is 9.47 Å². The molecule has 1 N–H and O–H groups in total. The van der Waals surface area contributed by atoms with Crippen LogP contribution in [-0.4, -0.2) is 48.0 Å². The summed E-state index contributed by atoms with van der Waals surface area (Å²) in [5.74, 6) is 0.702. The van der Waals surface area contributed by atoms with Gasteiger partial charge in [-0.15, -0.1) is 0 Å². The Morgan fingerprint density at radius 1 is 1.11 bits per heavy atom. The largest absolute Gasteiger partial charge is 0.506 e. The monoisotopic (exact) mass is 505 g/mol. The van der Waals surface area contributed by atoms with Crippen LogP contribution in [0.3, 0.4) is 0 Å². The van der Waals surface area contributed by atoms with Crippen molar-refractivity contribution in [3.8, 4) is 11.5 Å². The fourth-order valence-corrected chi connectivity index (χ4v) is 4.68. The van der Waals surface area contributed by atoms with E-state index in [0.717, 1.165) is 36.6 Å². The molecular weight excluding hydrogens is 475 g/mol. The highest BCUT2D eigenvalue weighted by molar-refractivity contribution is 5.72. The van der Waals surface area contributed by atoms with Gasteiger partial charge in [0.15, 0.2) is 0 Å². The molecule has 0 unspecified atom stereocenters. The molecule has 1 aliphatic carbocycles. The Labute approximate surface area is 208 Å². The van der Waals surface area contributed by atoms with Crippen LogP contribution in [0.1, 0.15) is 49.4 Å². The van der Waals surface area contributed by atoms with Gasteiger partial charge in [-0.05, 0) is 74.6 Å². The average Bonchev–Trinajstić information content (AvgIpc) is 2.77. The first kappa shape index (κ1) is 25.9. The topological polar surface area (TPSA) is 68.2 Å². The van der Waals surface area contributed by atoms with E-state index in [-0.39, 0.29) is 30.1 Å². The van der Waals surface area contributed by atoms with Crippen LogP contribution in [0.4, 0.5) is 18.0 Å². The van der Waals surface area contributed by atoms with Crippen molar-refractivity contribution in [3.05, 3.63) is 64.2 Å². The van der Waals surface area contributed by atoms with Gasteiger partial charge in [0.05, 0.1) is 11.7 Å². The van der Waals surface area contributed by atoms with Crippen molar-refractivity contribution in [1.82, 2.24) is 4.90 Å². The molecule has 0 spiro atoms. The molecule has 0 radical (unpaired) electrons. The van der Waals surface area contributed by atoms with Crippen LogP contribution in [0.5, 0.6) is 11.5 Å². The molecule has 0 saturated carbocycles. The zero-order chi connectivity index (χ0) is 26.0. The second-order valence-electron chi connectivity index (χ2n) is 9.52. The lowest BCUT2D eigenvalue weighted by atomic mass is 9.85. The molecule has 9 heteroatoms. The first-order chi connectivity index (χ1) is 17.0. The number of benzene rings is 2. The summed E-state index contributed by atoms with van der Waals surface area (Å²) in [4.78, 5) is 12.8. The molecule has 0 bridgehead atoms. The SMILES string of the molecule is CC1=C(CN2CC(OC(=O)O)C2)CCc2cc(OCc3ccc(OC(C)C)cc3C(F)(F)F)ccc21. The lowest BCUT2D eigenvalue weighted by molar-refractivity contribution is -0.138. The Morgan fingerprint density at radius 3 is 2.50 bits per heavy atom. The normalized spacial score (nSPS) is 16.5. The van der Waals surface area contributed by atoms with Crippen LogP contribution in [-0.2, 0) is 23.9 Å². The zero-order valence-corrected chi connectivity index (χ0v) is 20.5. The molecule has 6 nitrogen and oxygen atoms in total. The van der Waals surface area contributed by atoms with Crippen molar-refractivity contribution < 1.29 is 37.3 Å². The maximum Gasteiger partial charge on any atom is 0.506 e. The molecule has 194 valence electrons. The number of aryl methyl sites for hydroxylation is 1. The van der Waals surface area contributed by atoms with E-state index in [2.05, 4.69) is 11.8 Å². The molecule has 1 saturated heterocycles. The summed E-state index contributed by atoms with van der Waals surface area (Å²) in [5.41, 5.74) is 3.96. The fraction of sp³-hybridized carbons (Fsp3) is 0.444. The van der Waals surface area contributed by atoms with Gasteiger partial charge in [-0.2, -0.15) is 13.2 Å². The summed E-state index contributed by atoms with van der Waals surface area (Å²) in [6.45, 7) is 7.33. The number of ether oxygens (including phenoxy) is 3. The van der Waals surface area contributed by atoms with E-state index in [9.17, 15) is 18.0 Å². The molecular formula is C27H30F3NO5. The minimum atomic E-state index is -4.51. The number of alkyl halides is 3. The van der Waals surface area contributed by atoms with Gasteiger partial charge in [0.25, 0.3) is 0 Å². The summed E-state index contributed by atoms with van der Waals surface area (Å²) in [5, 5.41) is 8.71. The highest BCUT2D eigenvalue weighted by Gasteiger charge is 2.34. The molecule has 0 atom stereocenters. The second kappa shape index (κ2) is 10.4. The van der Waals surface area contributed by atoms with E-state index in [1.807, 2.05) is 12.1 Å². The number of carboxylic acid groups (broad SMARTS) is 1. The Morgan fingerprint density at radius 2 is 1.83 bits per heavy atom. The van der Waals surface area contributed by atoms with E-state index in [0.29, 0.717) is 18.8 Å². The van der Waals surface area contributed by atoms with Crippen molar-refractivity contribution in [2.75, 3.05) is 19.6 Å². The van der Waals surface area contributed by atoms with Gasteiger partial charge in [-0.1, -0.05) is 17.7 Å². The maximum absolute atomic E-state index is 13.6. The number of nitrogens with zero attached hydrogens (tertiary/aromatic N) is 1. The minimum absolute atomic E-state index is 0.0504. The molecule has 1 heterocycles. The van der Waals surface area contributed by atoms with Crippen molar-refractivity contribution in [2.45, 2.75) is 58.6 Å². The van der Waals surface area contributed by atoms with Gasteiger partial charge in [0.1, 0.15) is 24.2 Å². The molecule has 0 amide bonds. The number of hydrogen-bond donors (Lipinski definition) is 1. The summed E-state index contributed by atoms with van der Waals surface area (Å²) in [6.07, 6.45) is -4.59. The van der Waals surface area contributed by atoms with Gasteiger partial charge < -0.3 is 19.3 Å². The van der Waals surface area contributed by atoms with E-state index >= 15 is 0 Å². The third-order valence-electron chi connectivity index (χ3n) is 6.47. The van der Waals surface area contributed by atoms with E-state index in [1.165, 1.54) is 23.3 Å². The van der Waals surface area contributed by atoms with Crippen LogP contribution in [0.25, 0.3) is 5.57 Å². The predicted octanol–water partition coefficient (Wildman–Crippen LogP) is 6.17. The maximum atomic E-state index is 13.6. The summed E-state index contributed by atoms with van der Waals surface area (Å²) in [6, 6.07) is 9.60. The van der Waals surface area contributed by atoms with Gasteiger partial charge in [0.2, 0.25) is 0 Å². The fourth-order valence-electron chi connectivity index (χ4n) is 4.68. The Bertz CT molecular complexity index is 1150. The van der Waals surface area contributed by atoms with Gasteiger partial charge in [0, 0.05) is 25.2 Å². The highest BCUT2D eigenvalue weighted by atomic mass is 19.4. The minimum Gasteiger partial charge on any atom is -0.491 e. The number of carbonyl (C=O) groups is 1. The predicted molar refractivity (Wildman–Crippen MR) is 128 cm³/mol. The number of likely N-dealkylation sites (tertiary alicyclic amines) is 1. The van der Waals surface area contributed by atoms with Crippen LogP contribution in [0.15, 0.2) is 42.0 Å². The molecule has 36 heavy (non-hydrogen) atoms. The zero-order valence-electron chi connectivity index (χ0n) is 20.5. The first-order valence-electron chi connectivity index (χ1n) is 11.9. The highest BCUT2D eigenvalue weighted by Crippen LogP contribution is 2.37. The third-order valence-corrected chi connectivity index (χ3v) is 6.47. The second-order valence-corrected chi connectivity index (χ2v) is 9.52.